The Kier molecular flexibility index (Phi) is 5.14. The quantitative estimate of drug-likeness (QED) is 0.446. The number of hydrogen-bond donors (Lipinski definition) is 0. The summed E-state index contributed by atoms with van der Waals surface area (Å²) >= 11 is 0. The van der Waals surface area contributed by atoms with Gasteiger partial charge in [-0.25, -0.2) is 4.79 Å². The van der Waals surface area contributed by atoms with E-state index in [1.54, 1.807) is 5.94 Å². The molecule has 11 heavy (non-hydrogen) atoms. The molecule has 1 nitrogen and oxygen atoms in total. The Morgan fingerprint density at radius 2 is 2.18 bits per heavy atom. The molecular weight excluding hydrogens is 136 g/mol. The topological polar surface area (TPSA) is 17.1 Å². The van der Waals surface area contributed by atoms with Crippen molar-refractivity contribution in [1.29, 1.82) is 0 Å². The number of hydrogen-bond acceptors (Lipinski definition) is 1. The molecule has 0 bridgehead atoms. The van der Waals surface area contributed by atoms with Crippen molar-refractivity contribution in [2.45, 2.75) is 27.2 Å². The predicted octanol–water partition coefficient (Wildman–Crippen LogP) is 2.68. The summed E-state index contributed by atoms with van der Waals surface area (Å²) < 4.78 is 0. The fraction of sp³-hybridized carbons (Fsp3) is 0.400. The third kappa shape index (κ3) is 3.59. The van der Waals surface area contributed by atoms with E-state index in [-0.39, 0.29) is 0 Å². The Balaban J connectivity index is 4.61. The summed E-state index contributed by atoms with van der Waals surface area (Å²) in [5.41, 5.74) is 2.10. The van der Waals surface area contributed by atoms with Gasteiger partial charge in [-0.2, -0.15) is 0 Å². The van der Waals surface area contributed by atoms with Gasteiger partial charge >= 0.3 is 0 Å². The monoisotopic (exact) mass is 150 g/mol. The Morgan fingerprint density at radius 3 is 2.55 bits per heavy atom. The zero-order valence-electron chi connectivity index (χ0n) is 7.35. The van der Waals surface area contributed by atoms with Gasteiger partial charge in [-0.05, 0) is 31.4 Å². The van der Waals surface area contributed by atoms with Gasteiger partial charge in [0, 0.05) is 6.08 Å². The number of carbonyl (C=O) groups excluding carboxylic acids is 1. The van der Waals surface area contributed by atoms with Gasteiger partial charge in [-0.15, -0.1) is 0 Å². The van der Waals surface area contributed by atoms with Crippen LogP contribution in [0.2, 0.25) is 0 Å². The molecule has 0 aromatic heterocycles. The molecule has 0 saturated heterocycles. The van der Waals surface area contributed by atoms with Gasteiger partial charge in [0.15, 0.2) is 0 Å². The van der Waals surface area contributed by atoms with Gasteiger partial charge in [0.2, 0.25) is 0 Å². The van der Waals surface area contributed by atoms with E-state index in [1.807, 2.05) is 32.9 Å². The summed E-state index contributed by atoms with van der Waals surface area (Å²) in [7, 11) is 0. The van der Waals surface area contributed by atoms with Crippen LogP contribution in [-0.4, -0.2) is 5.94 Å². The summed E-state index contributed by atoms with van der Waals surface area (Å²) in [5, 5.41) is 0. The molecule has 0 aliphatic rings. The van der Waals surface area contributed by atoms with Crippen LogP contribution in [0.1, 0.15) is 27.2 Å². The average molecular weight is 150 g/mol. The van der Waals surface area contributed by atoms with Gasteiger partial charge in [0.05, 0.1) is 0 Å². The van der Waals surface area contributed by atoms with Crippen molar-refractivity contribution in [3.8, 4) is 0 Å². The minimum atomic E-state index is 0.943. The molecule has 0 radical (unpaired) electrons. The number of rotatable bonds is 3. The third-order valence-corrected chi connectivity index (χ3v) is 1.53. The zero-order valence-corrected chi connectivity index (χ0v) is 7.35. The molecule has 0 aliphatic heterocycles. The lowest BCUT2D eigenvalue weighted by molar-refractivity contribution is 0.569. The van der Waals surface area contributed by atoms with E-state index < -0.39 is 0 Å². The molecule has 0 amide bonds. The van der Waals surface area contributed by atoms with E-state index in [1.165, 1.54) is 6.08 Å². The minimum Gasteiger partial charge on any atom is -0.233 e. The van der Waals surface area contributed by atoms with E-state index in [0.717, 1.165) is 17.6 Å². The first-order chi connectivity index (χ1) is 5.26. The van der Waals surface area contributed by atoms with Crippen molar-refractivity contribution in [1.82, 2.24) is 0 Å². The summed E-state index contributed by atoms with van der Waals surface area (Å²) in [4.78, 5) is 10.1. The van der Waals surface area contributed by atoms with Gasteiger partial charge in [-0.3, -0.25) is 0 Å². The molecule has 0 spiro atoms. The molecule has 0 aromatic rings. The first kappa shape index (κ1) is 9.93. The highest BCUT2D eigenvalue weighted by Crippen LogP contribution is 2.09. The maximum atomic E-state index is 10.1. The summed E-state index contributed by atoms with van der Waals surface area (Å²) in [5.74, 6) is 1.78. The van der Waals surface area contributed by atoms with Gasteiger partial charge in [0.25, 0.3) is 0 Å². The normalized spacial score (nSPS) is 12.6. The Hall–Kier alpha value is -1.07. The average Bonchev–Trinajstić information content (AvgIpc) is 2.03. The van der Waals surface area contributed by atoms with Crippen molar-refractivity contribution in [2.24, 2.45) is 0 Å². The van der Waals surface area contributed by atoms with Crippen LogP contribution in [0.15, 0.2) is 29.4 Å². The molecule has 0 fully saturated rings. The second kappa shape index (κ2) is 5.70. The van der Waals surface area contributed by atoms with Crippen molar-refractivity contribution in [3.63, 3.8) is 0 Å². The van der Waals surface area contributed by atoms with Crippen LogP contribution in [0, 0.1) is 0 Å². The van der Waals surface area contributed by atoms with E-state index in [4.69, 9.17) is 0 Å². The zero-order chi connectivity index (χ0) is 8.69. The van der Waals surface area contributed by atoms with Crippen LogP contribution in [0.25, 0.3) is 0 Å². The van der Waals surface area contributed by atoms with Crippen LogP contribution < -0.4 is 0 Å². The Labute approximate surface area is 68.1 Å². The smallest absolute Gasteiger partial charge is 0.125 e. The standard InChI is InChI=1S/C10H14O/c1-4-6-10(7-8-11)9(3)5-2/h5-7H,4H2,1-3H3. The van der Waals surface area contributed by atoms with Crippen LogP contribution in [0.3, 0.4) is 0 Å². The van der Waals surface area contributed by atoms with Crippen LogP contribution in [0.5, 0.6) is 0 Å². The van der Waals surface area contributed by atoms with E-state index in [9.17, 15) is 4.79 Å². The van der Waals surface area contributed by atoms with Crippen molar-refractivity contribution in [2.75, 3.05) is 0 Å². The molecule has 0 aliphatic carbocycles. The van der Waals surface area contributed by atoms with Gasteiger partial charge in [0.1, 0.15) is 5.94 Å². The van der Waals surface area contributed by atoms with Crippen molar-refractivity contribution >= 4 is 5.94 Å². The Morgan fingerprint density at radius 1 is 1.55 bits per heavy atom. The molecular formula is C10H14O. The summed E-state index contributed by atoms with van der Waals surface area (Å²) in [6.45, 7) is 5.98. The second-order valence-electron chi connectivity index (χ2n) is 2.30. The largest absolute Gasteiger partial charge is 0.233 e. The second-order valence-corrected chi connectivity index (χ2v) is 2.30. The molecule has 0 N–H and O–H groups in total. The fourth-order valence-corrected chi connectivity index (χ4v) is 0.784. The van der Waals surface area contributed by atoms with Crippen LogP contribution in [-0.2, 0) is 4.79 Å². The highest BCUT2D eigenvalue weighted by molar-refractivity contribution is 5.57. The molecule has 1 heteroatoms. The summed E-state index contributed by atoms with van der Waals surface area (Å²) in [6.07, 6.45) is 6.41. The first-order valence-electron chi connectivity index (χ1n) is 3.80. The van der Waals surface area contributed by atoms with E-state index in [0.29, 0.717) is 0 Å². The van der Waals surface area contributed by atoms with Gasteiger partial charge in [-0.1, -0.05) is 19.1 Å². The lowest BCUT2D eigenvalue weighted by atomic mass is 10.1. The van der Waals surface area contributed by atoms with Crippen molar-refractivity contribution < 1.29 is 4.79 Å². The molecule has 0 heterocycles. The maximum absolute atomic E-state index is 10.1. The molecule has 60 valence electrons. The molecule has 0 unspecified atom stereocenters. The first-order valence-corrected chi connectivity index (χ1v) is 3.80. The molecule has 0 rings (SSSR count). The third-order valence-electron chi connectivity index (χ3n) is 1.53. The van der Waals surface area contributed by atoms with Gasteiger partial charge < -0.3 is 0 Å². The van der Waals surface area contributed by atoms with Crippen molar-refractivity contribution in [3.05, 3.63) is 29.4 Å². The highest BCUT2D eigenvalue weighted by Gasteiger charge is 1.92. The molecule has 0 atom stereocenters. The highest BCUT2D eigenvalue weighted by atomic mass is 16.1. The summed E-state index contributed by atoms with van der Waals surface area (Å²) in [6, 6.07) is 0. The Bertz CT molecular complexity index is 215. The van der Waals surface area contributed by atoms with E-state index >= 15 is 0 Å². The molecule has 0 aromatic carbocycles. The van der Waals surface area contributed by atoms with E-state index in [2.05, 4.69) is 0 Å². The number of allylic oxidation sites excluding steroid dienone is 5. The molecule has 0 saturated carbocycles. The SMILES string of the molecule is CC=C(C)C(C=C=O)=CCC. The fourth-order valence-electron chi connectivity index (χ4n) is 0.784. The van der Waals surface area contributed by atoms with Crippen LogP contribution in [0.4, 0.5) is 0 Å². The maximum Gasteiger partial charge on any atom is 0.125 e. The lowest BCUT2D eigenvalue weighted by Gasteiger charge is -1.97. The predicted molar refractivity (Wildman–Crippen MR) is 48.1 cm³/mol. The van der Waals surface area contributed by atoms with Crippen LogP contribution >= 0.6 is 0 Å². The minimum absolute atomic E-state index is 0.943. The lowest BCUT2D eigenvalue weighted by Crippen LogP contribution is -1.80.